The van der Waals surface area contributed by atoms with E-state index in [1.54, 1.807) is 6.08 Å². The molecule has 8 atom stereocenters. The third kappa shape index (κ3) is 30.4. The van der Waals surface area contributed by atoms with E-state index in [0.29, 0.717) is 12.8 Å². The van der Waals surface area contributed by atoms with E-state index < -0.39 is 75.2 Å². The smallest absolute Gasteiger partial charge is 0.393 e. The highest BCUT2D eigenvalue weighted by molar-refractivity contribution is 7.47. The van der Waals surface area contributed by atoms with Gasteiger partial charge in [-0.15, -0.1) is 0 Å². The first-order chi connectivity index (χ1) is 30.3. The van der Waals surface area contributed by atoms with Gasteiger partial charge in [-0.05, 0) is 57.8 Å². The van der Waals surface area contributed by atoms with Crippen LogP contribution in [0.1, 0.15) is 206 Å². The fourth-order valence-corrected chi connectivity index (χ4v) is 8.81. The molecule has 370 valence electrons. The lowest BCUT2D eigenvalue weighted by Gasteiger charge is -2.41. The Bertz CT molecular complexity index is 1220. The number of aliphatic hydroxyl groups is 7. The molecule has 1 fully saturated rings. The maximum atomic E-state index is 13.0. The van der Waals surface area contributed by atoms with Gasteiger partial charge in [0.1, 0.15) is 36.6 Å². The molecule has 1 aliphatic rings. The number of carbonyl (C=O) groups excluding carboxylic acids is 1. The Morgan fingerprint density at radius 1 is 0.556 bits per heavy atom. The first kappa shape index (κ1) is 59.5. The van der Waals surface area contributed by atoms with Crippen molar-refractivity contribution in [2.75, 3.05) is 6.61 Å². The minimum absolute atomic E-state index is 0.263. The molecule has 0 radical (unpaired) electrons. The molecule has 0 bridgehead atoms. The average molecular weight is 918 g/mol. The molecule has 9 N–H and O–H groups in total. The van der Waals surface area contributed by atoms with Crippen LogP contribution in [0, 0.1) is 0 Å². The predicted octanol–water partition coefficient (Wildman–Crippen LogP) is 8.92. The molecule has 0 saturated heterocycles. The first-order valence-electron chi connectivity index (χ1n) is 25.0. The first-order valence-corrected chi connectivity index (χ1v) is 26.5. The van der Waals surface area contributed by atoms with Crippen LogP contribution in [0.5, 0.6) is 0 Å². The van der Waals surface area contributed by atoms with Crippen molar-refractivity contribution in [1.82, 2.24) is 5.32 Å². The van der Waals surface area contributed by atoms with E-state index in [1.165, 1.54) is 128 Å². The van der Waals surface area contributed by atoms with E-state index in [4.69, 9.17) is 9.05 Å². The van der Waals surface area contributed by atoms with Crippen LogP contribution < -0.4 is 5.32 Å². The second kappa shape index (κ2) is 38.6. The summed E-state index contributed by atoms with van der Waals surface area (Å²) in [4.78, 5) is 23.5. The molecule has 1 amide bonds. The highest BCUT2D eigenvalue weighted by atomic mass is 31.2. The summed E-state index contributed by atoms with van der Waals surface area (Å²) in [7, 11) is -5.15. The number of carbonyl (C=O) groups is 1. The number of phosphoric acid groups is 1. The Morgan fingerprint density at radius 2 is 0.937 bits per heavy atom. The van der Waals surface area contributed by atoms with Crippen molar-refractivity contribution in [3.8, 4) is 0 Å². The summed E-state index contributed by atoms with van der Waals surface area (Å²) in [6, 6.07) is -1.26. The van der Waals surface area contributed by atoms with Gasteiger partial charge in [-0.1, -0.05) is 179 Å². The monoisotopic (exact) mass is 918 g/mol. The summed E-state index contributed by atoms with van der Waals surface area (Å²) in [6.45, 7) is 3.73. The highest BCUT2D eigenvalue weighted by Gasteiger charge is 2.51. The Kier molecular flexibility index (Phi) is 36.5. The molecule has 1 saturated carbocycles. The third-order valence-electron chi connectivity index (χ3n) is 11.9. The van der Waals surface area contributed by atoms with Gasteiger partial charge in [0.05, 0.1) is 31.3 Å². The van der Waals surface area contributed by atoms with E-state index in [2.05, 4.69) is 43.5 Å². The lowest BCUT2D eigenvalue weighted by molar-refractivity contribution is -0.220. The normalized spacial score (nSPS) is 23.1. The zero-order chi connectivity index (χ0) is 46.6. The van der Waals surface area contributed by atoms with Gasteiger partial charge < -0.3 is 46.0 Å². The number of hydrogen-bond acceptors (Lipinski definition) is 11. The minimum atomic E-state index is -5.15. The van der Waals surface area contributed by atoms with Gasteiger partial charge in [0.25, 0.3) is 0 Å². The average Bonchev–Trinajstić information content (AvgIpc) is 3.26. The standard InChI is InChI=1S/C49H92NO12P/c1-3-5-7-9-11-13-15-17-19-21-23-25-27-29-31-33-35-37-42(52)41(39-61-63(59,60)62-49-47(57)45(55)44(54)46(56)48(49)58)50-43(53)38-40(51)36-34-32-30-28-26-24-22-20-18-16-14-12-10-8-6-4-2/h24,26-27,29,35,37,40-42,44-49,51-52,54-58H,3-23,25,28,30-34,36,38-39H2,1-2H3,(H,50,53)(H,59,60)/b26-24-,29-27+,37-35+. The van der Waals surface area contributed by atoms with Gasteiger partial charge in [-0.2, -0.15) is 0 Å². The number of amides is 1. The second-order valence-electron chi connectivity index (χ2n) is 17.8. The van der Waals surface area contributed by atoms with Crippen LogP contribution in [0.4, 0.5) is 0 Å². The van der Waals surface area contributed by atoms with E-state index in [-0.39, 0.29) is 6.42 Å². The molecule has 1 aliphatic carbocycles. The second-order valence-corrected chi connectivity index (χ2v) is 19.2. The molecule has 0 heterocycles. The molecule has 0 aromatic heterocycles. The molecule has 0 spiro atoms. The molecule has 14 heteroatoms. The van der Waals surface area contributed by atoms with Crippen LogP contribution in [0.25, 0.3) is 0 Å². The molecule has 13 nitrogen and oxygen atoms in total. The van der Waals surface area contributed by atoms with Crippen LogP contribution in [-0.4, -0.2) is 108 Å². The largest absolute Gasteiger partial charge is 0.472 e. The van der Waals surface area contributed by atoms with Gasteiger partial charge >= 0.3 is 7.82 Å². The zero-order valence-corrected chi connectivity index (χ0v) is 40.1. The van der Waals surface area contributed by atoms with Crippen molar-refractivity contribution in [3.05, 3.63) is 36.5 Å². The third-order valence-corrected chi connectivity index (χ3v) is 12.9. The molecular weight excluding hydrogens is 826 g/mol. The van der Waals surface area contributed by atoms with Crippen LogP contribution in [0.15, 0.2) is 36.5 Å². The topological polar surface area (TPSA) is 226 Å². The van der Waals surface area contributed by atoms with Gasteiger partial charge in [0.15, 0.2) is 0 Å². The van der Waals surface area contributed by atoms with Crippen LogP contribution >= 0.6 is 7.82 Å². The number of rotatable bonds is 41. The Hall–Kier alpha value is -1.48. The van der Waals surface area contributed by atoms with Gasteiger partial charge in [0, 0.05) is 0 Å². The summed E-state index contributed by atoms with van der Waals surface area (Å²) >= 11 is 0. The molecule has 8 unspecified atom stereocenters. The van der Waals surface area contributed by atoms with Crippen molar-refractivity contribution >= 4 is 13.7 Å². The van der Waals surface area contributed by atoms with Gasteiger partial charge in [-0.25, -0.2) is 4.57 Å². The molecule has 0 aliphatic heterocycles. The summed E-state index contributed by atoms with van der Waals surface area (Å²) in [5.41, 5.74) is 0. The zero-order valence-electron chi connectivity index (χ0n) is 39.2. The minimum Gasteiger partial charge on any atom is -0.393 e. The molecule has 0 aromatic rings. The number of phosphoric ester groups is 1. The number of allylic oxidation sites excluding steroid dienone is 5. The fraction of sp³-hybridized carbons (Fsp3) is 0.857. The van der Waals surface area contributed by atoms with Crippen molar-refractivity contribution in [2.24, 2.45) is 0 Å². The predicted molar refractivity (Wildman–Crippen MR) is 252 cm³/mol. The van der Waals surface area contributed by atoms with Crippen molar-refractivity contribution < 1.29 is 59.0 Å². The lowest BCUT2D eigenvalue weighted by atomic mass is 9.85. The maximum Gasteiger partial charge on any atom is 0.472 e. The SMILES string of the molecule is CCCCCCCCCCC/C=C\CCCCCC(O)CC(=O)NC(COP(=O)(O)OC1C(O)C(O)C(O)C(O)C1O)C(O)/C=C/CC/C=C/CCCCCCCCCCCCC. The molecule has 0 aromatic carbocycles. The van der Waals surface area contributed by atoms with E-state index >= 15 is 0 Å². The quantitative estimate of drug-likeness (QED) is 0.0159. The lowest BCUT2D eigenvalue weighted by Crippen LogP contribution is -2.64. The van der Waals surface area contributed by atoms with E-state index in [0.717, 1.165) is 51.4 Å². The number of unbranched alkanes of at least 4 members (excludes halogenated alkanes) is 24. The molecular formula is C49H92NO12P. The van der Waals surface area contributed by atoms with Crippen LogP contribution in [-0.2, 0) is 18.4 Å². The summed E-state index contributed by atoms with van der Waals surface area (Å²) in [5.74, 6) is -0.611. The van der Waals surface area contributed by atoms with Crippen molar-refractivity contribution in [2.45, 2.75) is 261 Å². The summed E-state index contributed by atoms with van der Waals surface area (Å²) in [5, 5.41) is 74.5. The van der Waals surface area contributed by atoms with Gasteiger partial charge in [-0.3, -0.25) is 13.8 Å². The number of aliphatic hydroxyl groups excluding tert-OH is 7. The van der Waals surface area contributed by atoms with E-state index in [9.17, 15) is 50.0 Å². The van der Waals surface area contributed by atoms with Crippen LogP contribution in [0.3, 0.4) is 0 Å². The highest BCUT2D eigenvalue weighted by Crippen LogP contribution is 2.47. The number of nitrogens with one attached hydrogen (secondary N) is 1. The summed E-state index contributed by atoms with van der Waals surface area (Å²) in [6.07, 6.45) is 30.9. The number of hydrogen-bond donors (Lipinski definition) is 9. The van der Waals surface area contributed by atoms with Crippen LogP contribution in [0.2, 0.25) is 0 Å². The summed E-state index contributed by atoms with van der Waals surface area (Å²) < 4.78 is 22.9. The Balaban J connectivity index is 2.55. The van der Waals surface area contributed by atoms with Crippen molar-refractivity contribution in [1.29, 1.82) is 0 Å². The Labute approximate surface area is 381 Å². The molecule has 63 heavy (non-hydrogen) atoms. The fourth-order valence-electron chi connectivity index (χ4n) is 7.84. The Morgan fingerprint density at radius 3 is 1.40 bits per heavy atom. The molecule has 1 rings (SSSR count). The van der Waals surface area contributed by atoms with E-state index in [1.807, 2.05) is 0 Å². The maximum absolute atomic E-state index is 13.0. The van der Waals surface area contributed by atoms with Crippen molar-refractivity contribution in [3.63, 3.8) is 0 Å². The van der Waals surface area contributed by atoms with Gasteiger partial charge in [0.2, 0.25) is 5.91 Å².